The molecule has 0 heterocycles. The topological polar surface area (TPSA) is 66.4 Å². The highest BCUT2D eigenvalue weighted by atomic mass is 32.2. The second kappa shape index (κ2) is 6.78. The summed E-state index contributed by atoms with van der Waals surface area (Å²) < 4.78 is 67.0. The van der Waals surface area contributed by atoms with E-state index in [0.717, 1.165) is 12.1 Å². The highest BCUT2D eigenvalue weighted by Gasteiger charge is 2.55. The number of sulfonamides is 1. The zero-order valence-corrected chi connectivity index (χ0v) is 14.4. The van der Waals surface area contributed by atoms with Gasteiger partial charge >= 0.3 is 6.18 Å². The summed E-state index contributed by atoms with van der Waals surface area (Å²) in [4.78, 5) is -0.120. The summed E-state index contributed by atoms with van der Waals surface area (Å²) in [5.74, 6) is 0. The molecule has 0 bridgehead atoms. The maximum atomic E-state index is 13.4. The van der Waals surface area contributed by atoms with Crippen molar-refractivity contribution in [3.63, 3.8) is 0 Å². The van der Waals surface area contributed by atoms with Crippen molar-refractivity contribution >= 4 is 10.0 Å². The van der Waals surface area contributed by atoms with Gasteiger partial charge in [-0.05, 0) is 36.6 Å². The van der Waals surface area contributed by atoms with Gasteiger partial charge in [-0.3, -0.25) is 0 Å². The lowest BCUT2D eigenvalue weighted by Gasteiger charge is -2.31. The molecule has 0 radical (unpaired) electrons. The Labute approximate surface area is 144 Å². The molecule has 0 saturated carbocycles. The van der Waals surface area contributed by atoms with Gasteiger partial charge in [-0.25, -0.2) is 13.1 Å². The van der Waals surface area contributed by atoms with Crippen LogP contribution in [0, 0.1) is 13.8 Å². The lowest BCUT2D eigenvalue weighted by molar-refractivity contribution is -0.263. The predicted molar refractivity (Wildman–Crippen MR) is 87.5 cm³/mol. The molecule has 0 amide bonds. The van der Waals surface area contributed by atoms with Crippen LogP contribution in [0.3, 0.4) is 0 Å². The van der Waals surface area contributed by atoms with E-state index in [-0.39, 0.29) is 4.90 Å². The van der Waals surface area contributed by atoms with Crippen LogP contribution in [0.5, 0.6) is 0 Å². The van der Waals surface area contributed by atoms with Gasteiger partial charge in [0.25, 0.3) is 0 Å². The first-order valence-electron chi connectivity index (χ1n) is 7.39. The maximum absolute atomic E-state index is 13.4. The fourth-order valence-electron chi connectivity index (χ4n) is 2.35. The molecular formula is C17H18F3NO3S. The molecule has 0 spiro atoms. The molecule has 2 rings (SSSR count). The van der Waals surface area contributed by atoms with Crippen LogP contribution in [0.1, 0.15) is 16.7 Å². The summed E-state index contributed by atoms with van der Waals surface area (Å²) in [6.07, 6.45) is -5.06. The van der Waals surface area contributed by atoms with Crippen LogP contribution in [0.2, 0.25) is 0 Å². The summed E-state index contributed by atoms with van der Waals surface area (Å²) in [7, 11) is -4.22. The van der Waals surface area contributed by atoms with Crippen LogP contribution < -0.4 is 4.72 Å². The molecule has 136 valence electrons. The van der Waals surface area contributed by atoms with Gasteiger partial charge in [0.1, 0.15) is 0 Å². The number of hydrogen-bond donors (Lipinski definition) is 2. The number of aryl methyl sites for hydroxylation is 2. The normalized spacial score (nSPS) is 15.0. The second-order valence-corrected chi connectivity index (χ2v) is 7.55. The van der Waals surface area contributed by atoms with Gasteiger partial charge in [-0.2, -0.15) is 13.2 Å². The van der Waals surface area contributed by atoms with Crippen LogP contribution >= 0.6 is 0 Å². The quantitative estimate of drug-likeness (QED) is 0.847. The maximum Gasteiger partial charge on any atom is 0.422 e. The lowest BCUT2D eigenvalue weighted by atomic mass is 9.93. The summed E-state index contributed by atoms with van der Waals surface area (Å²) in [6.45, 7) is 1.99. The summed E-state index contributed by atoms with van der Waals surface area (Å²) in [5, 5.41) is 10.2. The zero-order valence-electron chi connectivity index (χ0n) is 13.6. The number of rotatable bonds is 5. The van der Waals surface area contributed by atoms with E-state index < -0.39 is 33.9 Å². The molecule has 0 aliphatic rings. The number of halogens is 3. The van der Waals surface area contributed by atoms with E-state index in [2.05, 4.69) is 0 Å². The Morgan fingerprint density at radius 1 is 1.04 bits per heavy atom. The molecule has 0 aromatic heterocycles. The van der Waals surface area contributed by atoms with Crippen molar-refractivity contribution in [2.75, 3.05) is 6.54 Å². The van der Waals surface area contributed by atoms with Crippen LogP contribution in [-0.2, 0) is 15.6 Å². The predicted octanol–water partition coefficient (Wildman–Crippen LogP) is 3.03. The molecule has 0 aliphatic carbocycles. The van der Waals surface area contributed by atoms with Crippen molar-refractivity contribution in [1.29, 1.82) is 0 Å². The minimum Gasteiger partial charge on any atom is -0.375 e. The fraction of sp³-hybridized carbons (Fsp3) is 0.294. The van der Waals surface area contributed by atoms with Crippen molar-refractivity contribution in [1.82, 2.24) is 4.72 Å². The molecule has 2 N–H and O–H groups in total. The number of aliphatic hydroxyl groups is 1. The minimum atomic E-state index is -5.06. The molecular weight excluding hydrogens is 355 g/mol. The van der Waals surface area contributed by atoms with Gasteiger partial charge in [0.05, 0.1) is 11.4 Å². The first-order chi connectivity index (χ1) is 11.5. The average molecular weight is 373 g/mol. The number of hydrogen-bond acceptors (Lipinski definition) is 3. The van der Waals surface area contributed by atoms with E-state index in [1.54, 1.807) is 26.0 Å². The molecule has 25 heavy (non-hydrogen) atoms. The summed E-state index contributed by atoms with van der Waals surface area (Å²) >= 11 is 0. The Hall–Kier alpha value is -1.90. The number of benzene rings is 2. The summed E-state index contributed by atoms with van der Waals surface area (Å²) in [5.41, 5.74) is -2.72. The Morgan fingerprint density at radius 3 is 2.20 bits per heavy atom. The van der Waals surface area contributed by atoms with Crippen molar-refractivity contribution in [3.05, 3.63) is 65.2 Å². The molecule has 1 unspecified atom stereocenters. The van der Waals surface area contributed by atoms with Gasteiger partial charge in [-0.1, -0.05) is 42.5 Å². The van der Waals surface area contributed by atoms with Crippen molar-refractivity contribution in [2.45, 2.75) is 30.5 Å². The Bertz CT molecular complexity index is 851. The molecule has 4 nitrogen and oxygen atoms in total. The molecule has 2 aromatic rings. The number of alkyl halides is 3. The first-order valence-corrected chi connectivity index (χ1v) is 8.87. The molecule has 0 aliphatic heterocycles. The Morgan fingerprint density at radius 2 is 1.64 bits per heavy atom. The summed E-state index contributed by atoms with van der Waals surface area (Å²) in [6, 6.07) is 11.0. The Kier molecular flexibility index (Phi) is 5.27. The van der Waals surface area contributed by atoms with Crippen LogP contribution in [0.4, 0.5) is 13.2 Å². The highest BCUT2D eigenvalue weighted by Crippen LogP contribution is 2.38. The highest BCUT2D eigenvalue weighted by molar-refractivity contribution is 7.89. The van der Waals surface area contributed by atoms with Crippen LogP contribution in [0.25, 0.3) is 0 Å². The first kappa shape index (κ1) is 19.4. The van der Waals surface area contributed by atoms with Crippen LogP contribution in [-0.4, -0.2) is 26.2 Å². The minimum absolute atomic E-state index is 0.120. The van der Waals surface area contributed by atoms with Crippen LogP contribution in [0.15, 0.2) is 53.4 Å². The molecule has 2 aromatic carbocycles. The van der Waals surface area contributed by atoms with Gasteiger partial charge in [0, 0.05) is 0 Å². The standard InChI is InChI=1S/C17H18F3NO3S/c1-12-8-9-13(2)15(10-12)25(23,24)21-11-16(22,17(18,19)20)14-6-4-3-5-7-14/h3-10,21-22H,11H2,1-2H3. The molecule has 8 heteroatoms. The third kappa shape index (κ3) is 4.02. The van der Waals surface area contributed by atoms with E-state index in [4.69, 9.17) is 0 Å². The molecule has 0 fully saturated rings. The van der Waals surface area contributed by atoms with E-state index in [9.17, 15) is 26.7 Å². The monoisotopic (exact) mass is 373 g/mol. The van der Waals surface area contributed by atoms with E-state index in [1.807, 2.05) is 4.72 Å². The van der Waals surface area contributed by atoms with E-state index in [1.165, 1.54) is 24.3 Å². The second-order valence-electron chi connectivity index (χ2n) is 5.82. The third-order valence-electron chi connectivity index (χ3n) is 3.87. The van der Waals surface area contributed by atoms with Gasteiger partial charge < -0.3 is 5.11 Å². The van der Waals surface area contributed by atoms with Gasteiger partial charge in [0.15, 0.2) is 5.60 Å². The van der Waals surface area contributed by atoms with Crippen molar-refractivity contribution in [3.8, 4) is 0 Å². The zero-order chi connectivity index (χ0) is 18.9. The van der Waals surface area contributed by atoms with Crippen molar-refractivity contribution < 1.29 is 26.7 Å². The molecule has 0 saturated heterocycles. The van der Waals surface area contributed by atoms with E-state index >= 15 is 0 Å². The average Bonchev–Trinajstić information content (AvgIpc) is 2.54. The number of nitrogens with one attached hydrogen (secondary N) is 1. The largest absolute Gasteiger partial charge is 0.422 e. The van der Waals surface area contributed by atoms with Crippen molar-refractivity contribution in [2.24, 2.45) is 0 Å². The fourth-order valence-corrected chi connectivity index (χ4v) is 3.74. The lowest BCUT2D eigenvalue weighted by Crippen LogP contribution is -2.51. The van der Waals surface area contributed by atoms with Gasteiger partial charge in [-0.15, -0.1) is 0 Å². The smallest absolute Gasteiger partial charge is 0.375 e. The Balaban J connectivity index is 2.37. The molecule has 1 atom stereocenters. The SMILES string of the molecule is Cc1ccc(C)c(S(=O)(=O)NCC(O)(c2ccccc2)C(F)(F)F)c1. The van der Waals surface area contributed by atoms with E-state index in [0.29, 0.717) is 11.1 Å². The van der Waals surface area contributed by atoms with Gasteiger partial charge in [0.2, 0.25) is 10.0 Å². The third-order valence-corrected chi connectivity index (χ3v) is 5.41.